The number of alkyl halides is 3. The third kappa shape index (κ3) is 3.62. The second-order valence-electron chi connectivity index (χ2n) is 5.14. The molecule has 3 nitrogen and oxygen atoms in total. The minimum absolute atomic E-state index is 0.0289. The Morgan fingerprint density at radius 2 is 1.96 bits per heavy atom. The summed E-state index contributed by atoms with van der Waals surface area (Å²) in [5.74, 6) is -0.552. The first-order valence-corrected chi connectivity index (χ1v) is 8.23. The van der Waals surface area contributed by atoms with Crippen LogP contribution in [0, 0.1) is 0 Å². The molecule has 25 heavy (non-hydrogen) atoms. The first kappa shape index (κ1) is 17.7. The molecule has 0 saturated heterocycles. The molecule has 8 heteroatoms. The fourth-order valence-electron chi connectivity index (χ4n) is 2.37. The van der Waals surface area contributed by atoms with Gasteiger partial charge in [0.05, 0.1) is 17.6 Å². The highest BCUT2D eigenvalue weighted by atomic mass is 35.5. The van der Waals surface area contributed by atoms with Gasteiger partial charge in [-0.2, -0.15) is 13.2 Å². The summed E-state index contributed by atoms with van der Waals surface area (Å²) >= 11 is 6.79. The van der Waals surface area contributed by atoms with E-state index in [1.165, 1.54) is 37.4 Å². The number of aromatic nitrogens is 1. The predicted molar refractivity (Wildman–Crippen MR) is 90.2 cm³/mol. The van der Waals surface area contributed by atoms with Gasteiger partial charge in [0.15, 0.2) is 0 Å². The third-order valence-electron chi connectivity index (χ3n) is 3.47. The van der Waals surface area contributed by atoms with Crippen molar-refractivity contribution >= 4 is 40.2 Å². The summed E-state index contributed by atoms with van der Waals surface area (Å²) in [6, 6.07) is 10.8. The van der Waals surface area contributed by atoms with Gasteiger partial charge in [-0.1, -0.05) is 35.5 Å². The van der Waals surface area contributed by atoms with Gasteiger partial charge in [-0.25, -0.2) is 4.79 Å². The van der Waals surface area contributed by atoms with Gasteiger partial charge in [-0.15, -0.1) is 0 Å². The molecule has 0 unspecified atom stereocenters. The molecular formula is C17H11ClF3NO2S. The fraction of sp³-hybridized carbons (Fsp3) is 0.118. The van der Waals surface area contributed by atoms with Crippen LogP contribution < -0.4 is 0 Å². The number of rotatable bonds is 3. The lowest BCUT2D eigenvalue weighted by molar-refractivity contribution is -0.142. The highest BCUT2D eigenvalue weighted by Crippen LogP contribution is 2.44. The maximum atomic E-state index is 13.4. The van der Waals surface area contributed by atoms with Gasteiger partial charge in [-0.05, 0) is 30.3 Å². The molecule has 0 radical (unpaired) electrons. The number of hydrogen-bond acceptors (Lipinski definition) is 3. The molecule has 3 rings (SSSR count). The number of ether oxygens (including phenoxy) is 1. The molecule has 0 amide bonds. The second-order valence-corrected chi connectivity index (χ2v) is 6.66. The molecule has 0 aliphatic rings. The van der Waals surface area contributed by atoms with Crippen molar-refractivity contribution in [3.63, 3.8) is 0 Å². The van der Waals surface area contributed by atoms with Crippen molar-refractivity contribution in [2.45, 2.75) is 16.0 Å². The number of carbonyl (C=O) groups excluding carboxylic acids is 1. The maximum Gasteiger partial charge on any atom is 0.432 e. The van der Waals surface area contributed by atoms with Crippen molar-refractivity contribution in [1.29, 1.82) is 0 Å². The molecule has 0 atom stereocenters. The summed E-state index contributed by atoms with van der Waals surface area (Å²) in [5.41, 5.74) is -0.284. The van der Waals surface area contributed by atoms with Gasteiger partial charge in [0, 0.05) is 20.8 Å². The number of benzene rings is 2. The number of aromatic amines is 1. The molecule has 0 saturated carbocycles. The van der Waals surface area contributed by atoms with Crippen molar-refractivity contribution in [3.8, 4) is 0 Å². The van der Waals surface area contributed by atoms with E-state index in [2.05, 4.69) is 9.72 Å². The molecule has 0 fully saturated rings. The van der Waals surface area contributed by atoms with Crippen LogP contribution in [0.25, 0.3) is 10.9 Å². The highest BCUT2D eigenvalue weighted by molar-refractivity contribution is 7.99. The monoisotopic (exact) mass is 385 g/mol. The molecule has 0 bridgehead atoms. The van der Waals surface area contributed by atoms with Gasteiger partial charge in [0.2, 0.25) is 0 Å². The van der Waals surface area contributed by atoms with Crippen molar-refractivity contribution in [3.05, 3.63) is 58.7 Å². The Bertz CT molecular complexity index is 953. The standard InChI is InChI=1S/C17H11ClF3NO2S/c1-24-16(23)9-3-2-4-11(7-9)25-14-12-6-5-10(18)8-13(12)22-15(14)17(19,20)21/h2-8,22H,1H3. The topological polar surface area (TPSA) is 42.1 Å². The van der Waals surface area contributed by atoms with Crippen LogP contribution in [0.4, 0.5) is 13.2 Å². The van der Waals surface area contributed by atoms with E-state index in [-0.39, 0.29) is 10.5 Å². The third-order valence-corrected chi connectivity index (χ3v) is 4.82. The Hall–Kier alpha value is -2.12. The molecule has 1 heterocycles. The van der Waals surface area contributed by atoms with Crippen molar-refractivity contribution in [2.24, 2.45) is 0 Å². The SMILES string of the molecule is COC(=O)c1cccc(Sc2c(C(F)(F)F)[nH]c3cc(Cl)ccc23)c1. The lowest BCUT2D eigenvalue weighted by Gasteiger charge is -2.09. The van der Waals surface area contributed by atoms with E-state index in [0.717, 1.165) is 11.8 Å². The summed E-state index contributed by atoms with van der Waals surface area (Å²) in [7, 11) is 1.24. The predicted octanol–water partition coefficient (Wildman–Crippen LogP) is 5.78. The van der Waals surface area contributed by atoms with Crippen molar-refractivity contribution in [1.82, 2.24) is 4.98 Å². The maximum absolute atomic E-state index is 13.4. The summed E-state index contributed by atoms with van der Waals surface area (Å²) in [6.07, 6.45) is -4.55. The van der Waals surface area contributed by atoms with E-state index >= 15 is 0 Å². The molecule has 3 aromatic rings. The first-order valence-electron chi connectivity index (χ1n) is 7.04. The number of carbonyl (C=O) groups is 1. The number of H-pyrrole nitrogens is 1. The number of halogens is 4. The molecule has 2 aromatic carbocycles. The van der Waals surface area contributed by atoms with E-state index in [4.69, 9.17) is 11.6 Å². The molecule has 1 N–H and O–H groups in total. The van der Waals surface area contributed by atoms with Gasteiger partial charge in [0.1, 0.15) is 5.69 Å². The molecular weight excluding hydrogens is 375 g/mol. The quantitative estimate of drug-likeness (QED) is 0.581. The Labute approximate surface area is 150 Å². The molecule has 0 aliphatic carbocycles. The summed E-state index contributed by atoms with van der Waals surface area (Å²) in [6.45, 7) is 0. The Kier molecular flexibility index (Phi) is 4.71. The zero-order chi connectivity index (χ0) is 18.2. The minimum atomic E-state index is -4.55. The van der Waals surface area contributed by atoms with Crippen LogP contribution in [0.1, 0.15) is 16.1 Å². The number of methoxy groups -OCH3 is 1. The second kappa shape index (κ2) is 6.65. The van der Waals surface area contributed by atoms with E-state index < -0.39 is 17.8 Å². The largest absolute Gasteiger partial charge is 0.465 e. The van der Waals surface area contributed by atoms with E-state index in [0.29, 0.717) is 20.8 Å². The molecule has 0 spiro atoms. The van der Waals surface area contributed by atoms with Crippen LogP contribution in [-0.2, 0) is 10.9 Å². The Morgan fingerprint density at radius 1 is 1.20 bits per heavy atom. The van der Waals surface area contributed by atoms with Crippen LogP contribution >= 0.6 is 23.4 Å². The lowest BCUT2D eigenvalue weighted by Crippen LogP contribution is -2.06. The van der Waals surface area contributed by atoms with E-state index in [9.17, 15) is 18.0 Å². The van der Waals surface area contributed by atoms with Gasteiger partial charge < -0.3 is 9.72 Å². The summed E-state index contributed by atoms with van der Waals surface area (Å²) < 4.78 is 44.8. The molecule has 0 aliphatic heterocycles. The first-order chi connectivity index (χ1) is 11.8. The van der Waals surface area contributed by atoms with Gasteiger partial charge in [-0.3, -0.25) is 0 Å². The Balaban J connectivity index is 2.10. The number of hydrogen-bond donors (Lipinski definition) is 1. The smallest absolute Gasteiger partial charge is 0.432 e. The van der Waals surface area contributed by atoms with Crippen LogP contribution in [-0.4, -0.2) is 18.1 Å². The minimum Gasteiger partial charge on any atom is -0.465 e. The summed E-state index contributed by atoms with van der Waals surface area (Å²) in [5, 5.41) is 0.747. The van der Waals surface area contributed by atoms with Gasteiger partial charge in [0.25, 0.3) is 0 Å². The van der Waals surface area contributed by atoms with Crippen LogP contribution in [0.3, 0.4) is 0 Å². The van der Waals surface area contributed by atoms with Crippen molar-refractivity contribution in [2.75, 3.05) is 7.11 Å². The highest BCUT2D eigenvalue weighted by Gasteiger charge is 2.36. The van der Waals surface area contributed by atoms with Gasteiger partial charge >= 0.3 is 12.1 Å². The molecule has 130 valence electrons. The summed E-state index contributed by atoms with van der Waals surface area (Å²) in [4.78, 5) is 14.5. The normalized spacial score (nSPS) is 11.7. The van der Waals surface area contributed by atoms with Crippen LogP contribution in [0.15, 0.2) is 52.3 Å². The van der Waals surface area contributed by atoms with Crippen LogP contribution in [0.2, 0.25) is 5.02 Å². The van der Waals surface area contributed by atoms with E-state index in [1.807, 2.05) is 0 Å². The number of esters is 1. The van der Waals surface area contributed by atoms with E-state index in [1.54, 1.807) is 12.1 Å². The number of fused-ring (bicyclic) bond motifs is 1. The van der Waals surface area contributed by atoms with Crippen LogP contribution in [0.5, 0.6) is 0 Å². The zero-order valence-corrected chi connectivity index (χ0v) is 14.4. The Morgan fingerprint density at radius 3 is 2.64 bits per heavy atom. The number of nitrogens with one attached hydrogen (secondary N) is 1. The average molecular weight is 386 g/mol. The molecule has 1 aromatic heterocycles. The zero-order valence-electron chi connectivity index (χ0n) is 12.8. The fourth-order valence-corrected chi connectivity index (χ4v) is 3.67. The average Bonchev–Trinajstić information content (AvgIpc) is 2.92. The lowest BCUT2D eigenvalue weighted by atomic mass is 10.2. The van der Waals surface area contributed by atoms with Crippen molar-refractivity contribution < 1.29 is 22.7 Å².